The van der Waals surface area contributed by atoms with Gasteiger partial charge < -0.3 is 10.1 Å². The predicted molar refractivity (Wildman–Crippen MR) is 105 cm³/mol. The molecule has 0 unspecified atom stereocenters. The molecule has 3 nitrogen and oxygen atoms in total. The second-order valence-corrected chi connectivity index (χ2v) is 6.95. The Balaban J connectivity index is 2.18. The summed E-state index contributed by atoms with van der Waals surface area (Å²) in [6.07, 6.45) is 2.94. The largest absolute Gasteiger partial charge is 0.495 e. The number of carbonyl (C=O) groups is 1. The van der Waals surface area contributed by atoms with Crippen LogP contribution in [0, 0.1) is 3.57 Å². The first-order valence-electron chi connectivity index (χ1n) is 6.38. The first-order valence-corrected chi connectivity index (χ1v) is 8.59. The Kier molecular flexibility index (Phi) is 6.59. The summed E-state index contributed by atoms with van der Waals surface area (Å²) in [5.74, 6) is 0.124. The summed E-state index contributed by atoms with van der Waals surface area (Å²) >= 11 is 20.2. The van der Waals surface area contributed by atoms with E-state index < -0.39 is 0 Å². The highest BCUT2D eigenvalue weighted by Gasteiger charge is 2.08. The topological polar surface area (TPSA) is 38.3 Å². The Morgan fingerprint density at radius 1 is 1.17 bits per heavy atom. The molecule has 0 aliphatic rings. The van der Waals surface area contributed by atoms with Gasteiger partial charge in [0.1, 0.15) is 5.75 Å². The van der Waals surface area contributed by atoms with Gasteiger partial charge in [0, 0.05) is 20.2 Å². The molecule has 23 heavy (non-hydrogen) atoms. The van der Waals surface area contributed by atoms with Crippen molar-refractivity contribution in [1.82, 2.24) is 0 Å². The van der Waals surface area contributed by atoms with E-state index >= 15 is 0 Å². The lowest BCUT2D eigenvalue weighted by atomic mass is 10.2. The van der Waals surface area contributed by atoms with Gasteiger partial charge in [0.2, 0.25) is 5.91 Å². The van der Waals surface area contributed by atoms with Gasteiger partial charge in [0.25, 0.3) is 0 Å². The van der Waals surface area contributed by atoms with Crippen LogP contribution < -0.4 is 10.1 Å². The van der Waals surface area contributed by atoms with Crippen LogP contribution in [-0.2, 0) is 4.79 Å². The van der Waals surface area contributed by atoms with Gasteiger partial charge in [-0.05, 0) is 59.0 Å². The minimum atomic E-state index is -0.328. The number of methoxy groups -OCH3 is 1. The molecule has 0 aliphatic heterocycles. The van der Waals surface area contributed by atoms with Crippen molar-refractivity contribution in [2.24, 2.45) is 0 Å². The molecule has 0 bridgehead atoms. The Morgan fingerprint density at radius 3 is 2.57 bits per heavy atom. The van der Waals surface area contributed by atoms with Crippen LogP contribution in [0.2, 0.25) is 15.1 Å². The Morgan fingerprint density at radius 2 is 1.91 bits per heavy atom. The molecular weight excluding hydrogens is 471 g/mol. The fourth-order valence-electron chi connectivity index (χ4n) is 1.85. The van der Waals surface area contributed by atoms with Crippen molar-refractivity contribution in [1.29, 1.82) is 0 Å². The lowest BCUT2D eigenvalue weighted by molar-refractivity contribution is -0.111. The number of halogens is 4. The summed E-state index contributed by atoms with van der Waals surface area (Å²) in [6, 6.07) is 8.60. The Bertz CT molecular complexity index is 778. The first kappa shape index (κ1) is 18.4. The lowest BCUT2D eigenvalue weighted by Crippen LogP contribution is -2.08. The fraction of sp³-hybridized carbons (Fsp3) is 0.0625. The number of hydrogen-bond acceptors (Lipinski definition) is 2. The minimum Gasteiger partial charge on any atom is -0.495 e. The number of carbonyl (C=O) groups excluding carboxylic acids is 1. The molecule has 1 amide bonds. The van der Waals surface area contributed by atoms with Crippen LogP contribution in [0.5, 0.6) is 5.75 Å². The van der Waals surface area contributed by atoms with Crippen LogP contribution in [0.3, 0.4) is 0 Å². The fourth-order valence-corrected chi connectivity index (χ4v) is 3.34. The molecule has 7 heteroatoms. The van der Waals surface area contributed by atoms with Gasteiger partial charge in [-0.1, -0.05) is 34.8 Å². The molecule has 0 saturated heterocycles. The molecule has 120 valence electrons. The smallest absolute Gasteiger partial charge is 0.248 e. The second-order valence-electron chi connectivity index (χ2n) is 4.46. The van der Waals surface area contributed by atoms with Crippen LogP contribution in [0.25, 0.3) is 6.08 Å². The molecule has 0 heterocycles. The van der Waals surface area contributed by atoms with Crippen LogP contribution in [0.4, 0.5) is 5.69 Å². The SMILES string of the molecule is COc1c(Cl)cc(Cl)cc1/C=C/C(=O)Nc1ccc(I)cc1Cl. The predicted octanol–water partition coefficient (Wildman–Crippen LogP) is 5.91. The van der Waals surface area contributed by atoms with E-state index in [1.165, 1.54) is 13.2 Å². The molecule has 0 radical (unpaired) electrons. The lowest BCUT2D eigenvalue weighted by Gasteiger charge is -2.08. The van der Waals surface area contributed by atoms with E-state index in [4.69, 9.17) is 39.5 Å². The van der Waals surface area contributed by atoms with Gasteiger partial charge >= 0.3 is 0 Å². The van der Waals surface area contributed by atoms with Crippen molar-refractivity contribution in [3.05, 3.63) is 60.6 Å². The molecule has 2 aromatic rings. The quantitative estimate of drug-likeness (QED) is 0.435. The highest BCUT2D eigenvalue weighted by molar-refractivity contribution is 14.1. The third-order valence-electron chi connectivity index (χ3n) is 2.84. The number of benzene rings is 2. The zero-order valence-corrected chi connectivity index (χ0v) is 16.3. The first-order chi connectivity index (χ1) is 10.9. The van der Waals surface area contributed by atoms with Crippen molar-refractivity contribution < 1.29 is 9.53 Å². The average molecular weight is 483 g/mol. The van der Waals surface area contributed by atoms with Gasteiger partial charge in [-0.25, -0.2) is 0 Å². The molecule has 0 atom stereocenters. The zero-order chi connectivity index (χ0) is 17.0. The molecule has 0 spiro atoms. The molecule has 0 aromatic heterocycles. The van der Waals surface area contributed by atoms with Gasteiger partial charge in [-0.2, -0.15) is 0 Å². The van der Waals surface area contributed by atoms with E-state index in [1.807, 2.05) is 6.07 Å². The molecule has 2 aromatic carbocycles. The summed E-state index contributed by atoms with van der Waals surface area (Å²) < 4.78 is 6.20. The number of hydrogen-bond donors (Lipinski definition) is 1. The van der Waals surface area contributed by atoms with E-state index in [9.17, 15) is 4.79 Å². The third kappa shape index (κ3) is 5.01. The highest BCUT2D eigenvalue weighted by Crippen LogP contribution is 2.33. The van der Waals surface area contributed by atoms with E-state index in [2.05, 4.69) is 27.9 Å². The van der Waals surface area contributed by atoms with E-state index in [1.54, 1.807) is 30.3 Å². The summed E-state index contributed by atoms with van der Waals surface area (Å²) in [4.78, 5) is 12.0. The molecule has 1 N–H and O–H groups in total. The number of nitrogens with one attached hydrogen (secondary N) is 1. The monoisotopic (exact) mass is 481 g/mol. The van der Waals surface area contributed by atoms with Crippen LogP contribution in [0.1, 0.15) is 5.56 Å². The third-order valence-corrected chi connectivity index (χ3v) is 4.33. The zero-order valence-electron chi connectivity index (χ0n) is 11.9. The average Bonchev–Trinajstić information content (AvgIpc) is 2.47. The summed E-state index contributed by atoms with van der Waals surface area (Å²) in [6.45, 7) is 0. The van der Waals surface area contributed by atoms with Crippen molar-refractivity contribution in [3.63, 3.8) is 0 Å². The second kappa shape index (κ2) is 8.24. The minimum absolute atomic E-state index is 0.328. The van der Waals surface area contributed by atoms with Gasteiger partial charge in [0.15, 0.2) is 0 Å². The molecule has 2 rings (SSSR count). The van der Waals surface area contributed by atoms with Crippen molar-refractivity contribution in [2.45, 2.75) is 0 Å². The maximum Gasteiger partial charge on any atom is 0.248 e. The van der Waals surface area contributed by atoms with Crippen LogP contribution in [0.15, 0.2) is 36.4 Å². The molecule has 0 saturated carbocycles. The molecule has 0 aliphatic carbocycles. The standard InChI is InChI=1S/C16H11Cl3INO2/c1-23-16-9(6-10(17)7-13(16)19)2-5-15(22)21-14-4-3-11(20)8-12(14)18/h2-8H,1H3,(H,21,22)/b5-2+. The Hall–Kier alpha value is -0.950. The maximum absolute atomic E-state index is 12.0. The molecule has 0 fully saturated rings. The number of ether oxygens (including phenoxy) is 1. The van der Waals surface area contributed by atoms with Crippen molar-refractivity contribution in [3.8, 4) is 5.75 Å². The van der Waals surface area contributed by atoms with Crippen molar-refractivity contribution >= 4 is 75.1 Å². The summed E-state index contributed by atoms with van der Waals surface area (Å²) in [5, 5.41) is 4.01. The number of anilines is 1. The normalized spacial score (nSPS) is 10.8. The maximum atomic E-state index is 12.0. The van der Waals surface area contributed by atoms with Gasteiger partial charge in [-0.3, -0.25) is 4.79 Å². The van der Waals surface area contributed by atoms with Crippen molar-refractivity contribution in [2.75, 3.05) is 12.4 Å². The van der Waals surface area contributed by atoms with E-state index in [-0.39, 0.29) is 5.91 Å². The summed E-state index contributed by atoms with van der Waals surface area (Å²) in [5.41, 5.74) is 1.15. The highest BCUT2D eigenvalue weighted by atomic mass is 127. The van der Waals surface area contributed by atoms with E-state index in [0.717, 1.165) is 3.57 Å². The van der Waals surface area contributed by atoms with Gasteiger partial charge in [-0.15, -0.1) is 0 Å². The number of amides is 1. The Labute approximate surface area is 162 Å². The molecular formula is C16H11Cl3INO2. The van der Waals surface area contributed by atoms with Crippen LogP contribution >= 0.6 is 57.4 Å². The van der Waals surface area contributed by atoms with E-state index in [0.29, 0.717) is 32.1 Å². The summed E-state index contributed by atoms with van der Waals surface area (Å²) in [7, 11) is 1.50. The van der Waals surface area contributed by atoms with Crippen LogP contribution in [-0.4, -0.2) is 13.0 Å². The van der Waals surface area contributed by atoms with Gasteiger partial charge in [0.05, 0.1) is 22.8 Å². The number of rotatable bonds is 4.